The Hall–Kier alpha value is -2.25. The van der Waals surface area contributed by atoms with Gasteiger partial charge in [-0.05, 0) is 19.1 Å². The van der Waals surface area contributed by atoms with E-state index in [4.69, 9.17) is 9.47 Å². The minimum atomic E-state index is -4.36. The number of ether oxygens (including phenoxy) is 2. The molecule has 0 saturated carbocycles. The molecule has 0 aliphatic carbocycles. The Bertz CT molecular complexity index is 611. The zero-order chi connectivity index (χ0) is 15.5. The van der Waals surface area contributed by atoms with Crippen molar-refractivity contribution in [2.24, 2.45) is 0 Å². The molecule has 21 heavy (non-hydrogen) atoms. The zero-order valence-electron chi connectivity index (χ0n) is 11.5. The van der Waals surface area contributed by atoms with Crippen LogP contribution in [0, 0.1) is 6.92 Å². The second-order valence-corrected chi connectivity index (χ2v) is 4.32. The molecule has 0 radical (unpaired) electrons. The Morgan fingerprint density at radius 1 is 1.24 bits per heavy atom. The standard InChI is InChI=1S/C13H14F3N3O2/c1-9-17-12(19(18-9)8-13(14,15)16)7-21-11-5-3-4-10(6-11)20-2/h3-6H,7-8H2,1-2H3. The molecule has 0 N–H and O–H groups in total. The molecule has 2 rings (SSSR count). The Labute approximate surface area is 119 Å². The lowest BCUT2D eigenvalue weighted by Gasteiger charge is -2.10. The highest BCUT2D eigenvalue weighted by molar-refractivity contribution is 5.32. The van der Waals surface area contributed by atoms with Crippen LogP contribution >= 0.6 is 0 Å². The molecule has 0 unspecified atom stereocenters. The summed E-state index contributed by atoms with van der Waals surface area (Å²) in [5.41, 5.74) is 0. The van der Waals surface area contributed by atoms with E-state index in [1.807, 2.05) is 0 Å². The fraction of sp³-hybridized carbons (Fsp3) is 0.385. The normalized spacial score (nSPS) is 11.5. The Morgan fingerprint density at radius 2 is 1.95 bits per heavy atom. The van der Waals surface area contributed by atoms with Crippen LogP contribution in [-0.4, -0.2) is 28.1 Å². The maximum atomic E-state index is 12.4. The summed E-state index contributed by atoms with van der Waals surface area (Å²) in [4.78, 5) is 3.95. The van der Waals surface area contributed by atoms with Crippen molar-refractivity contribution in [1.82, 2.24) is 14.8 Å². The molecule has 0 bridgehead atoms. The van der Waals surface area contributed by atoms with E-state index < -0.39 is 12.7 Å². The summed E-state index contributed by atoms with van der Waals surface area (Å²) in [6, 6.07) is 6.78. The maximum absolute atomic E-state index is 12.4. The van der Waals surface area contributed by atoms with Crippen molar-refractivity contribution in [3.05, 3.63) is 35.9 Å². The highest BCUT2D eigenvalue weighted by atomic mass is 19.4. The van der Waals surface area contributed by atoms with Crippen molar-refractivity contribution in [2.45, 2.75) is 26.3 Å². The van der Waals surface area contributed by atoms with Gasteiger partial charge in [-0.2, -0.15) is 18.3 Å². The highest BCUT2D eigenvalue weighted by Gasteiger charge is 2.30. The van der Waals surface area contributed by atoms with Gasteiger partial charge in [0, 0.05) is 6.07 Å². The minimum absolute atomic E-state index is 0.107. The number of halogens is 3. The molecular formula is C13H14F3N3O2. The third-order valence-corrected chi connectivity index (χ3v) is 2.59. The van der Waals surface area contributed by atoms with Crippen molar-refractivity contribution in [3.8, 4) is 11.5 Å². The summed E-state index contributed by atoms with van der Waals surface area (Å²) in [5, 5.41) is 3.72. The summed E-state index contributed by atoms with van der Waals surface area (Å²) in [5.74, 6) is 1.46. The summed E-state index contributed by atoms with van der Waals surface area (Å²) in [6.07, 6.45) is -4.36. The largest absolute Gasteiger partial charge is 0.497 e. The van der Waals surface area contributed by atoms with Crippen LogP contribution < -0.4 is 9.47 Å². The van der Waals surface area contributed by atoms with E-state index in [0.29, 0.717) is 11.5 Å². The average molecular weight is 301 g/mol. The summed E-state index contributed by atoms with van der Waals surface area (Å²) < 4.78 is 48.6. The van der Waals surface area contributed by atoms with E-state index in [9.17, 15) is 13.2 Å². The van der Waals surface area contributed by atoms with Crippen LogP contribution in [-0.2, 0) is 13.2 Å². The number of benzene rings is 1. The first-order valence-electron chi connectivity index (χ1n) is 6.11. The van der Waals surface area contributed by atoms with Gasteiger partial charge in [0.05, 0.1) is 7.11 Å². The molecule has 0 atom stereocenters. The van der Waals surface area contributed by atoms with Crippen molar-refractivity contribution >= 4 is 0 Å². The van der Waals surface area contributed by atoms with Gasteiger partial charge in [-0.15, -0.1) is 0 Å². The van der Waals surface area contributed by atoms with Crippen LogP contribution in [0.15, 0.2) is 24.3 Å². The number of alkyl halides is 3. The van der Waals surface area contributed by atoms with Crippen LogP contribution in [0.3, 0.4) is 0 Å². The van der Waals surface area contributed by atoms with E-state index in [0.717, 1.165) is 4.68 Å². The number of aryl methyl sites for hydroxylation is 1. The van der Waals surface area contributed by atoms with Gasteiger partial charge < -0.3 is 9.47 Å². The second kappa shape index (κ2) is 6.02. The van der Waals surface area contributed by atoms with Gasteiger partial charge in [0.25, 0.3) is 0 Å². The molecule has 8 heteroatoms. The minimum Gasteiger partial charge on any atom is -0.497 e. The lowest BCUT2D eigenvalue weighted by molar-refractivity contribution is -0.143. The summed E-state index contributed by atoms with van der Waals surface area (Å²) >= 11 is 0. The van der Waals surface area contributed by atoms with Crippen LogP contribution in [0.5, 0.6) is 11.5 Å². The molecule has 0 amide bonds. The molecule has 0 aliphatic rings. The molecule has 1 heterocycles. The van der Waals surface area contributed by atoms with E-state index in [2.05, 4.69) is 10.1 Å². The number of hydrogen-bond acceptors (Lipinski definition) is 4. The second-order valence-electron chi connectivity index (χ2n) is 4.32. The number of aromatic nitrogens is 3. The van der Waals surface area contributed by atoms with E-state index in [-0.39, 0.29) is 18.3 Å². The van der Waals surface area contributed by atoms with Gasteiger partial charge in [-0.25, -0.2) is 9.67 Å². The fourth-order valence-corrected chi connectivity index (χ4v) is 1.74. The third kappa shape index (κ3) is 4.37. The van der Waals surface area contributed by atoms with Gasteiger partial charge in [-0.1, -0.05) is 6.07 Å². The number of methoxy groups -OCH3 is 1. The van der Waals surface area contributed by atoms with E-state index >= 15 is 0 Å². The monoisotopic (exact) mass is 301 g/mol. The Morgan fingerprint density at radius 3 is 2.62 bits per heavy atom. The molecule has 0 saturated heterocycles. The number of hydrogen-bond donors (Lipinski definition) is 0. The van der Waals surface area contributed by atoms with Gasteiger partial charge in [-0.3, -0.25) is 0 Å². The lowest BCUT2D eigenvalue weighted by atomic mass is 10.3. The first kappa shape index (κ1) is 15.1. The van der Waals surface area contributed by atoms with Gasteiger partial charge >= 0.3 is 6.18 Å². The highest BCUT2D eigenvalue weighted by Crippen LogP contribution is 2.21. The van der Waals surface area contributed by atoms with Crippen molar-refractivity contribution in [3.63, 3.8) is 0 Å². The summed E-state index contributed by atoms with van der Waals surface area (Å²) in [7, 11) is 1.52. The van der Waals surface area contributed by atoms with Crippen molar-refractivity contribution in [1.29, 1.82) is 0 Å². The predicted octanol–water partition coefficient (Wildman–Crippen LogP) is 2.74. The molecule has 0 aliphatic heterocycles. The number of rotatable bonds is 5. The molecule has 1 aromatic heterocycles. The maximum Gasteiger partial charge on any atom is 0.408 e. The van der Waals surface area contributed by atoms with Crippen molar-refractivity contribution < 1.29 is 22.6 Å². The molecule has 0 fully saturated rings. The van der Waals surface area contributed by atoms with Crippen LogP contribution in [0.4, 0.5) is 13.2 Å². The molecule has 5 nitrogen and oxygen atoms in total. The van der Waals surface area contributed by atoms with Crippen molar-refractivity contribution in [2.75, 3.05) is 7.11 Å². The zero-order valence-corrected chi connectivity index (χ0v) is 11.5. The third-order valence-electron chi connectivity index (χ3n) is 2.59. The molecule has 2 aromatic rings. The van der Waals surface area contributed by atoms with Gasteiger partial charge in [0.15, 0.2) is 5.82 Å². The summed E-state index contributed by atoms with van der Waals surface area (Å²) in [6.45, 7) is 0.233. The van der Waals surface area contributed by atoms with E-state index in [1.165, 1.54) is 14.0 Å². The molecular weight excluding hydrogens is 287 g/mol. The Kier molecular flexibility index (Phi) is 4.35. The molecule has 114 valence electrons. The molecule has 1 aromatic carbocycles. The Balaban J connectivity index is 2.09. The topological polar surface area (TPSA) is 49.2 Å². The smallest absolute Gasteiger partial charge is 0.408 e. The predicted molar refractivity (Wildman–Crippen MR) is 68.1 cm³/mol. The van der Waals surface area contributed by atoms with E-state index in [1.54, 1.807) is 24.3 Å². The first-order valence-corrected chi connectivity index (χ1v) is 6.11. The van der Waals surface area contributed by atoms with Gasteiger partial charge in [0.2, 0.25) is 0 Å². The lowest BCUT2D eigenvalue weighted by Crippen LogP contribution is -2.21. The van der Waals surface area contributed by atoms with Gasteiger partial charge in [0.1, 0.15) is 30.5 Å². The SMILES string of the molecule is COc1cccc(OCc2nc(C)nn2CC(F)(F)F)c1. The fourth-order valence-electron chi connectivity index (χ4n) is 1.74. The quantitative estimate of drug-likeness (QED) is 0.852. The van der Waals surface area contributed by atoms with Crippen LogP contribution in [0.2, 0.25) is 0 Å². The number of nitrogens with zero attached hydrogens (tertiary/aromatic N) is 3. The molecule has 0 spiro atoms. The van der Waals surface area contributed by atoms with Crippen LogP contribution in [0.1, 0.15) is 11.6 Å². The van der Waals surface area contributed by atoms with Crippen LogP contribution in [0.25, 0.3) is 0 Å². The first-order chi connectivity index (χ1) is 9.87. The average Bonchev–Trinajstić information content (AvgIpc) is 2.74.